The summed E-state index contributed by atoms with van der Waals surface area (Å²) in [6.07, 6.45) is -4.45. The molecule has 0 bridgehead atoms. The van der Waals surface area contributed by atoms with E-state index >= 15 is 0 Å². The van der Waals surface area contributed by atoms with E-state index in [-0.39, 0.29) is 16.3 Å². The number of hydrogen-bond donors (Lipinski definition) is 2. The Balaban J connectivity index is 1.81. The van der Waals surface area contributed by atoms with Crippen molar-refractivity contribution in [3.05, 3.63) is 64.7 Å². The molecule has 0 aliphatic carbocycles. The van der Waals surface area contributed by atoms with Crippen molar-refractivity contribution in [3.8, 4) is 5.75 Å². The first-order valence-electron chi connectivity index (χ1n) is 6.91. The third-order valence-electron chi connectivity index (χ3n) is 2.99. The molecule has 0 saturated heterocycles. The van der Waals surface area contributed by atoms with E-state index in [0.717, 1.165) is 24.3 Å². The lowest BCUT2D eigenvalue weighted by Crippen LogP contribution is -2.43. The second-order valence-corrected chi connectivity index (χ2v) is 5.20. The topological polar surface area (TPSA) is 67.4 Å². The lowest BCUT2D eigenvalue weighted by Gasteiger charge is -2.10. The standard InChI is InChI=1S/C16H12ClF3N2O3/c17-13-4-2-1-3-12(13)15(24)22-21-14(23)9-25-11-7-5-10(6-8-11)16(18,19)20/h1-8H,9H2,(H,21,23)(H,22,24). The fourth-order valence-corrected chi connectivity index (χ4v) is 1.99. The summed E-state index contributed by atoms with van der Waals surface area (Å²) >= 11 is 5.84. The third kappa shape index (κ3) is 5.39. The van der Waals surface area contributed by atoms with Gasteiger partial charge in [-0.25, -0.2) is 0 Å². The van der Waals surface area contributed by atoms with Gasteiger partial charge in [0.1, 0.15) is 5.75 Å². The predicted octanol–water partition coefficient (Wildman–Crippen LogP) is 3.20. The van der Waals surface area contributed by atoms with Crippen molar-refractivity contribution in [2.75, 3.05) is 6.61 Å². The van der Waals surface area contributed by atoms with Crippen molar-refractivity contribution < 1.29 is 27.5 Å². The number of rotatable bonds is 4. The van der Waals surface area contributed by atoms with Gasteiger partial charge in [0, 0.05) is 0 Å². The largest absolute Gasteiger partial charge is 0.484 e. The number of carbonyl (C=O) groups excluding carboxylic acids is 2. The van der Waals surface area contributed by atoms with E-state index in [1.807, 2.05) is 0 Å². The Bertz CT molecular complexity index is 764. The van der Waals surface area contributed by atoms with Gasteiger partial charge in [0.05, 0.1) is 16.1 Å². The number of amides is 2. The van der Waals surface area contributed by atoms with Crippen molar-refractivity contribution >= 4 is 23.4 Å². The minimum absolute atomic E-state index is 0.0839. The van der Waals surface area contributed by atoms with Gasteiger partial charge in [-0.3, -0.25) is 20.4 Å². The Labute approximate surface area is 145 Å². The van der Waals surface area contributed by atoms with Crippen LogP contribution in [0.5, 0.6) is 5.75 Å². The van der Waals surface area contributed by atoms with Crippen molar-refractivity contribution in [3.63, 3.8) is 0 Å². The van der Waals surface area contributed by atoms with Crippen LogP contribution < -0.4 is 15.6 Å². The Kier molecular flexibility index (Phi) is 5.87. The zero-order valence-electron chi connectivity index (χ0n) is 12.6. The number of carbonyl (C=O) groups is 2. The van der Waals surface area contributed by atoms with Gasteiger partial charge in [-0.2, -0.15) is 13.2 Å². The highest BCUT2D eigenvalue weighted by atomic mass is 35.5. The molecule has 2 amide bonds. The summed E-state index contributed by atoms with van der Waals surface area (Å²) in [5.74, 6) is -1.23. The highest BCUT2D eigenvalue weighted by Gasteiger charge is 2.30. The van der Waals surface area contributed by atoms with E-state index < -0.39 is 30.2 Å². The molecular weight excluding hydrogens is 361 g/mol. The monoisotopic (exact) mass is 372 g/mol. The minimum atomic E-state index is -4.45. The van der Waals surface area contributed by atoms with Crippen LogP contribution in [0.25, 0.3) is 0 Å². The summed E-state index contributed by atoms with van der Waals surface area (Å²) in [6, 6.07) is 10.1. The molecule has 0 fully saturated rings. The second-order valence-electron chi connectivity index (χ2n) is 4.79. The van der Waals surface area contributed by atoms with Crippen LogP contribution in [-0.2, 0) is 11.0 Å². The van der Waals surface area contributed by atoms with Crippen LogP contribution >= 0.6 is 11.6 Å². The quantitative estimate of drug-likeness (QED) is 0.810. The molecular formula is C16H12ClF3N2O3. The van der Waals surface area contributed by atoms with Crippen LogP contribution in [0.15, 0.2) is 48.5 Å². The highest BCUT2D eigenvalue weighted by molar-refractivity contribution is 6.33. The van der Waals surface area contributed by atoms with E-state index in [9.17, 15) is 22.8 Å². The summed E-state index contributed by atoms with van der Waals surface area (Å²) in [4.78, 5) is 23.4. The lowest BCUT2D eigenvalue weighted by molar-refractivity contribution is -0.137. The van der Waals surface area contributed by atoms with Gasteiger partial charge in [-0.15, -0.1) is 0 Å². The number of halogens is 4. The fraction of sp³-hybridized carbons (Fsp3) is 0.125. The molecule has 0 aromatic heterocycles. The third-order valence-corrected chi connectivity index (χ3v) is 3.32. The maximum Gasteiger partial charge on any atom is 0.416 e. The molecule has 0 atom stereocenters. The second kappa shape index (κ2) is 7.89. The molecule has 0 aliphatic rings. The molecule has 2 N–H and O–H groups in total. The van der Waals surface area contributed by atoms with E-state index in [4.69, 9.17) is 16.3 Å². The Morgan fingerprint density at radius 2 is 1.64 bits per heavy atom. The zero-order chi connectivity index (χ0) is 18.4. The Morgan fingerprint density at radius 1 is 1.00 bits per heavy atom. The van der Waals surface area contributed by atoms with Crippen LogP contribution in [0.4, 0.5) is 13.2 Å². The number of ether oxygens (including phenoxy) is 1. The molecule has 2 aromatic rings. The van der Waals surface area contributed by atoms with Crippen LogP contribution in [0.3, 0.4) is 0 Å². The molecule has 2 aromatic carbocycles. The maximum atomic E-state index is 12.4. The van der Waals surface area contributed by atoms with E-state index in [0.29, 0.717) is 0 Å². The molecule has 9 heteroatoms. The Morgan fingerprint density at radius 3 is 2.24 bits per heavy atom. The number of alkyl halides is 3. The van der Waals surface area contributed by atoms with E-state index in [1.54, 1.807) is 12.1 Å². The van der Waals surface area contributed by atoms with Gasteiger partial charge in [0.25, 0.3) is 11.8 Å². The molecule has 0 heterocycles. The average Bonchev–Trinajstić information content (AvgIpc) is 2.58. The smallest absolute Gasteiger partial charge is 0.416 e. The number of benzene rings is 2. The van der Waals surface area contributed by atoms with Gasteiger partial charge in [0.2, 0.25) is 0 Å². The van der Waals surface area contributed by atoms with Crippen molar-refractivity contribution in [2.45, 2.75) is 6.18 Å². The fourth-order valence-electron chi connectivity index (χ4n) is 1.76. The van der Waals surface area contributed by atoms with Gasteiger partial charge < -0.3 is 4.74 Å². The molecule has 132 valence electrons. The first-order valence-corrected chi connectivity index (χ1v) is 7.29. The van der Waals surface area contributed by atoms with Crippen molar-refractivity contribution in [1.82, 2.24) is 10.9 Å². The van der Waals surface area contributed by atoms with Crippen LogP contribution in [-0.4, -0.2) is 18.4 Å². The number of hydrazine groups is 1. The van der Waals surface area contributed by atoms with E-state index in [1.165, 1.54) is 12.1 Å². The summed E-state index contributed by atoms with van der Waals surface area (Å²) < 4.78 is 42.3. The Hall–Kier alpha value is -2.74. The molecule has 25 heavy (non-hydrogen) atoms. The van der Waals surface area contributed by atoms with Crippen LogP contribution in [0.1, 0.15) is 15.9 Å². The summed E-state index contributed by atoms with van der Waals surface area (Å²) in [7, 11) is 0. The molecule has 0 radical (unpaired) electrons. The summed E-state index contributed by atoms with van der Waals surface area (Å²) in [5, 5.41) is 0.218. The van der Waals surface area contributed by atoms with E-state index in [2.05, 4.69) is 10.9 Å². The summed E-state index contributed by atoms with van der Waals surface area (Å²) in [5.41, 5.74) is 3.62. The minimum Gasteiger partial charge on any atom is -0.484 e. The van der Waals surface area contributed by atoms with Crippen molar-refractivity contribution in [2.24, 2.45) is 0 Å². The first kappa shape index (κ1) is 18.6. The molecule has 5 nitrogen and oxygen atoms in total. The summed E-state index contributed by atoms with van der Waals surface area (Å²) in [6.45, 7) is -0.492. The van der Waals surface area contributed by atoms with Crippen LogP contribution in [0.2, 0.25) is 5.02 Å². The average molecular weight is 373 g/mol. The van der Waals surface area contributed by atoms with Gasteiger partial charge in [0.15, 0.2) is 6.61 Å². The van der Waals surface area contributed by atoms with Gasteiger partial charge >= 0.3 is 6.18 Å². The number of hydrogen-bond acceptors (Lipinski definition) is 3. The molecule has 0 unspecified atom stereocenters. The predicted molar refractivity (Wildman–Crippen MR) is 84.0 cm³/mol. The van der Waals surface area contributed by atoms with Crippen LogP contribution in [0, 0.1) is 0 Å². The molecule has 0 spiro atoms. The molecule has 0 aliphatic heterocycles. The number of nitrogens with one attached hydrogen (secondary N) is 2. The highest BCUT2D eigenvalue weighted by Crippen LogP contribution is 2.30. The SMILES string of the molecule is O=C(COc1ccc(C(F)(F)F)cc1)NNC(=O)c1ccccc1Cl. The van der Waals surface area contributed by atoms with Gasteiger partial charge in [-0.1, -0.05) is 23.7 Å². The maximum absolute atomic E-state index is 12.4. The normalized spacial score (nSPS) is 10.9. The molecule has 0 saturated carbocycles. The van der Waals surface area contributed by atoms with Gasteiger partial charge in [-0.05, 0) is 36.4 Å². The van der Waals surface area contributed by atoms with Crippen molar-refractivity contribution in [1.29, 1.82) is 0 Å². The molecule has 2 rings (SSSR count). The first-order chi connectivity index (χ1) is 11.8. The lowest BCUT2D eigenvalue weighted by atomic mass is 10.2. The zero-order valence-corrected chi connectivity index (χ0v) is 13.3.